The van der Waals surface area contributed by atoms with Crippen molar-refractivity contribution < 1.29 is 9.18 Å². The number of benzene rings is 3. The molecule has 5 rings (SSSR count). The molecule has 1 aliphatic rings. The van der Waals surface area contributed by atoms with Gasteiger partial charge in [0.1, 0.15) is 11.3 Å². The van der Waals surface area contributed by atoms with E-state index in [1.54, 1.807) is 6.07 Å². The van der Waals surface area contributed by atoms with Gasteiger partial charge >= 0.3 is 0 Å². The fourth-order valence-electron chi connectivity index (χ4n) is 4.31. The van der Waals surface area contributed by atoms with Crippen molar-refractivity contribution in [2.24, 2.45) is 5.92 Å². The highest BCUT2D eigenvalue weighted by atomic mass is 32.1. The fraction of sp³-hybridized carbons (Fsp3) is 0.231. The highest BCUT2D eigenvalue weighted by Gasteiger charge is 2.29. The van der Waals surface area contributed by atoms with Crippen molar-refractivity contribution in [2.45, 2.75) is 18.9 Å². The first-order valence-electron chi connectivity index (χ1n) is 10.9. The number of thiazole rings is 1. The first-order valence-corrected chi connectivity index (χ1v) is 11.7. The topological polar surface area (TPSA) is 45.2 Å². The van der Waals surface area contributed by atoms with Crippen LogP contribution in [0.25, 0.3) is 10.2 Å². The number of hydrogen-bond donors (Lipinski definition) is 1. The zero-order valence-electron chi connectivity index (χ0n) is 17.6. The van der Waals surface area contributed by atoms with Gasteiger partial charge in [-0.25, -0.2) is 9.37 Å². The van der Waals surface area contributed by atoms with Gasteiger partial charge in [0.25, 0.3) is 0 Å². The Balaban J connectivity index is 1.35. The van der Waals surface area contributed by atoms with E-state index in [4.69, 9.17) is 0 Å². The third-order valence-electron chi connectivity index (χ3n) is 5.97. The molecule has 1 N–H and O–H groups in total. The van der Waals surface area contributed by atoms with Gasteiger partial charge in [-0.1, -0.05) is 78.1 Å². The molecule has 2 heterocycles. The molecule has 1 fully saturated rings. The van der Waals surface area contributed by atoms with Crippen molar-refractivity contribution in [3.8, 4) is 0 Å². The van der Waals surface area contributed by atoms with Gasteiger partial charge in [0, 0.05) is 13.1 Å². The van der Waals surface area contributed by atoms with Crippen LogP contribution < -0.4 is 10.2 Å². The van der Waals surface area contributed by atoms with Crippen molar-refractivity contribution in [1.82, 2.24) is 10.3 Å². The smallest absolute Gasteiger partial charge is 0.225 e. The van der Waals surface area contributed by atoms with Crippen LogP contribution >= 0.6 is 11.3 Å². The third kappa shape index (κ3) is 4.23. The van der Waals surface area contributed by atoms with E-state index >= 15 is 0 Å². The summed E-state index contributed by atoms with van der Waals surface area (Å²) in [5, 5.41) is 4.07. The molecule has 0 bridgehead atoms. The number of carbonyl (C=O) groups excluding carboxylic acids is 1. The maximum Gasteiger partial charge on any atom is 0.225 e. The van der Waals surface area contributed by atoms with E-state index in [-0.39, 0.29) is 23.7 Å². The molecule has 0 radical (unpaired) electrons. The number of rotatable bonds is 5. The molecule has 1 saturated heterocycles. The van der Waals surface area contributed by atoms with Crippen LogP contribution in [-0.4, -0.2) is 24.0 Å². The first-order chi connectivity index (χ1) is 15.7. The van der Waals surface area contributed by atoms with Crippen LogP contribution in [0.5, 0.6) is 0 Å². The Kier molecular flexibility index (Phi) is 5.86. The van der Waals surface area contributed by atoms with E-state index in [2.05, 4.69) is 15.2 Å². The predicted molar refractivity (Wildman–Crippen MR) is 127 cm³/mol. The first kappa shape index (κ1) is 20.6. The quantitative estimate of drug-likeness (QED) is 0.438. The molecule has 1 amide bonds. The second-order valence-electron chi connectivity index (χ2n) is 8.13. The summed E-state index contributed by atoms with van der Waals surface area (Å²) in [6.07, 6.45) is 1.73. The molecule has 162 valence electrons. The Morgan fingerprint density at radius 3 is 2.34 bits per heavy atom. The van der Waals surface area contributed by atoms with Gasteiger partial charge in [0.05, 0.1) is 16.7 Å². The summed E-state index contributed by atoms with van der Waals surface area (Å²) in [7, 11) is 0. The number of aromatic nitrogens is 1. The number of amides is 1. The Morgan fingerprint density at radius 1 is 1.00 bits per heavy atom. The molecule has 1 unspecified atom stereocenters. The van der Waals surface area contributed by atoms with Crippen LogP contribution in [0.4, 0.5) is 9.52 Å². The van der Waals surface area contributed by atoms with Gasteiger partial charge < -0.3 is 10.2 Å². The van der Waals surface area contributed by atoms with E-state index in [9.17, 15) is 9.18 Å². The summed E-state index contributed by atoms with van der Waals surface area (Å²) < 4.78 is 14.9. The van der Waals surface area contributed by atoms with E-state index < -0.39 is 0 Å². The largest absolute Gasteiger partial charge is 0.347 e. The van der Waals surface area contributed by atoms with Crippen molar-refractivity contribution in [1.29, 1.82) is 0 Å². The number of anilines is 1. The Bertz CT molecular complexity index is 1170. The number of carbonyl (C=O) groups is 1. The lowest BCUT2D eigenvalue weighted by molar-refractivity contribution is -0.125. The summed E-state index contributed by atoms with van der Waals surface area (Å²) in [6, 6.07) is 24.9. The number of hydrogen-bond acceptors (Lipinski definition) is 4. The Morgan fingerprint density at radius 2 is 1.69 bits per heavy atom. The molecular formula is C26H24FN3OS. The van der Waals surface area contributed by atoms with Gasteiger partial charge in [-0.05, 0) is 36.1 Å². The van der Waals surface area contributed by atoms with Crippen LogP contribution in [0.15, 0.2) is 78.9 Å². The molecule has 4 nitrogen and oxygen atoms in total. The molecule has 6 heteroatoms. The monoisotopic (exact) mass is 445 g/mol. The second-order valence-corrected chi connectivity index (χ2v) is 9.14. The minimum Gasteiger partial charge on any atom is -0.347 e. The number of nitrogens with zero attached hydrogens (tertiary/aromatic N) is 2. The summed E-state index contributed by atoms with van der Waals surface area (Å²) >= 11 is 1.48. The summed E-state index contributed by atoms with van der Waals surface area (Å²) in [6.45, 7) is 1.41. The van der Waals surface area contributed by atoms with Crippen molar-refractivity contribution >= 4 is 32.6 Å². The average Bonchev–Trinajstić information content (AvgIpc) is 3.29. The van der Waals surface area contributed by atoms with Crippen LogP contribution in [0.3, 0.4) is 0 Å². The van der Waals surface area contributed by atoms with Gasteiger partial charge in [0.15, 0.2) is 5.13 Å². The zero-order chi connectivity index (χ0) is 21.9. The average molecular weight is 446 g/mol. The van der Waals surface area contributed by atoms with Crippen molar-refractivity contribution in [3.05, 3.63) is 95.8 Å². The molecule has 1 aliphatic heterocycles. The molecule has 1 aromatic heterocycles. The molecule has 1 atom stereocenters. The number of piperidine rings is 1. The molecule has 0 saturated carbocycles. The standard InChI is InChI=1S/C26H24FN3OS/c27-21-14-7-15-22-24(21)29-26(32-22)30-16-8-13-20(17-30)25(31)28-23(18-9-3-1-4-10-18)19-11-5-2-6-12-19/h1-7,9-12,14-15,20,23H,8,13,16-17H2,(H,28,31). The third-order valence-corrected chi connectivity index (χ3v) is 7.05. The lowest BCUT2D eigenvalue weighted by atomic mass is 9.94. The highest BCUT2D eigenvalue weighted by Crippen LogP contribution is 2.33. The van der Waals surface area contributed by atoms with E-state index in [1.807, 2.05) is 66.7 Å². The van der Waals surface area contributed by atoms with Crippen molar-refractivity contribution in [3.63, 3.8) is 0 Å². The van der Waals surface area contributed by atoms with Gasteiger partial charge in [-0.2, -0.15) is 0 Å². The fourth-order valence-corrected chi connectivity index (χ4v) is 5.33. The zero-order valence-corrected chi connectivity index (χ0v) is 18.4. The van der Waals surface area contributed by atoms with E-state index in [0.717, 1.165) is 40.3 Å². The molecule has 0 aliphatic carbocycles. The maximum absolute atomic E-state index is 14.1. The van der Waals surface area contributed by atoms with Crippen LogP contribution in [0.2, 0.25) is 0 Å². The minimum atomic E-state index is -0.301. The van der Waals surface area contributed by atoms with Gasteiger partial charge in [-0.3, -0.25) is 4.79 Å². The molecule has 0 spiro atoms. The normalized spacial score (nSPS) is 16.4. The van der Waals surface area contributed by atoms with Crippen LogP contribution in [0, 0.1) is 11.7 Å². The lowest BCUT2D eigenvalue weighted by Gasteiger charge is -2.33. The molecule has 4 aromatic rings. The van der Waals surface area contributed by atoms with Crippen LogP contribution in [-0.2, 0) is 4.79 Å². The molecule has 3 aromatic carbocycles. The van der Waals surface area contributed by atoms with Gasteiger partial charge in [-0.15, -0.1) is 0 Å². The number of halogens is 1. The predicted octanol–water partition coefficient (Wildman–Crippen LogP) is 5.56. The number of fused-ring (bicyclic) bond motifs is 1. The summed E-state index contributed by atoms with van der Waals surface area (Å²) in [4.78, 5) is 20.0. The maximum atomic E-state index is 14.1. The van der Waals surface area contributed by atoms with E-state index in [1.165, 1.54) is 17.4 Å². The molecule has 32 heavy (non-hydrogen) atoms. The second kappa shape index (κ2) is 9.09. The molecular weight excluding hydrogens is 421 g/mol. The lowest BCUT2D eigenvalue weighted by Crippen LogP contribution is -2.44. The van der Waals surface area contributed by atoms with Crippen LogP contribution in [0.1, 0.15) is 30.0 Å². The van der Waals surface area contributed by atoms with Crippen molar-refractivity contribution in [2.75, 3.05) is 18.0 Å². The Hall–Kier alpha value is -3.25. The minimum absolute atomic E-state index is 0.0414. The highest BCUT2D eigenvalue weighted by molar-refractivity contribution is 7.22. The summed E-state index contributed by atoms with van der Waals surface area (Å²) in [5.41, 5.74) is 2.52. The van der Waals surface area contributed by atoms with E-state index in [0.29, 0.717) is 12.1 Å². The SMILES string of the molecule is O=C(NC(c1ccccc1)c1ccccc1)C1CCCN(c2nc3c(F)cccc3s2)C1. The Labute approximate surface area is 190 Å². The number of nitrogens with one attached hydrogen (secondary N) is 1. The number of para-hydroxylation sites is 1. The van der Waals surface area contributed by atoms with Gasteiger partial charge in [0.2, 0.25) is 5.91 Å². The summed E-state index contributed by atoms with van der Waals surface area (Å²) in [5.74, 6) is -0.403.